The standard InChI is InChI=1S/C14H12N2O4/c1-20-14(17)12-5-4-11(13(8-12)16(18)19)7-10-3-2-6-15-9-10/h2-6,8-9H,7H2,1H3. The summed E-state index contributed by atoms with van der Waals surface area (Å²) in [5.74, 6) is -0.596. The topological polar surface area (TPSA) is 82.3 Å². The number of esters is 1. The van der Waals surface area contributed by atoms with Gasteiger partial charge in [0.05, 0.1) is 17.6 Å². The Bertz CT molecular complexity index is 641. The molecule has 20 heavy (non-hydrogen) atoms. The monoisotopic (exact) mass is 272 g/mol. The number of ether oxygens (including phenoxy) is 1. The average molecular weight is 272 g/mol. The van der Waals surface area contributed by atoms with Crippen LogP contribution >= 0.6 is 0 Å². The Kier molecular flexibility index (Phi) is 4.05. The molecule has 2 rings (SSSR count). The minimum Gasteiger partial charge on any atom is -0.465 e. The molecule has 0 saturated heterocycles. The number of methoxy groups -OCH3 is 1. The van der Waals surface area contributed by atoms with Crippen LogP contribution in [0.3, 0.4) is 0 Å². The molecule has 0 aliphatic rings. The summed E-state index contributed by atoms with van der Waals surface area (Å²) in [5, 5.41) is 11.1. The quantitative estimate of drug-likeness (QED) is 0.484. The first-order valence-electron chi connectivity index (χ1n) is 5.86. The molecule has 6 heteroatoms. The van der Waals surface area contributed by atoms with E-state index in [0.717, 1.165) is 5.56 Å². The van der Waals surface area contributed by atoms with Crippen LogP contribution < -0.4 is 0 Å². The minimum absolute atomic E-state index is 0.100. The second-order valence-corrected chi connectivity index (χ2v) is 4.13. The van der Waals surface area contributed by atoms with Gasteiger partial charge in [0.2, 0.25) is 0 Å². The molecule has 1 aromatic carbocycles. The number of aromatic nitrogens is 1. The average Bonchev–Trinajstić information content (AvgIpc) is 2.47. The highest BCUT2D eigenvalue weighted by atomic mass is 16.6. The van der Waals surface area contributed by atoms with Gasteiger partial charge < -0.3 is 4.74 Å². The number of pyridine rings is 1. The Morgan fingerprint density at radius 1 is 1.40 bits per heavy atom. The first-order chi connectivity index (χ1) is 9.61. The van der Waals surface area contributed by atoms with Gasteiger partial charge in [0, 0.05) is 30.4 Å². The van der Waals surface area contributed by atoms with Gasteiger partial charge >= 0.3 is 5.97 Å². The molecule has 0 fully saturated rings. The van der Waals surface area contributed by atoms with E-state index < -0.39 is 10.9 Å². The van der Waals surface area contributed by atoms with Crippen LogP contribution in [-0.2, 0) is 11.2 Å². The largest absolute Gasteiger partial charge is 0.465 e. The summed E-state index contributed by atoms with van der Waals surface area (Å²) in [7, 11) is 1.23. The van der Waals surface area contributed by atoms with Crippen molar-refractivity contribution < 1.29 is 14.5 Å². The fourth-order valence-corrected chi connectivity index (χ4v) is 1.85. The summed E-state index contributed by atoms with van der Waals surface area (Å²) in [6.07, 6.45) is 3.67. The zero-order chi connectivity index (χ0) is 14.5. The van der Waals surface area contributed by atoms with Crippen LogP contribution in [0, 0.1) is 10.1 Å². The maximum Gasteiger partial charge on any atom is 0.338 e. The van der Waals surface area contributed by atoms with Crippen molar-refractivity contribution in [2.24, 2.45) is 0 Å². The highest BCUT2D eigenvalue weighted by Crippen LogP contribution is 2.23. The van der Waals surface area contributed by atoms with Crippen molar-refractivity contribution in [3.05, 3.63) is 69.5 Å². The molecule has 6 nitrogen and oxygen atoms in total. The molecular formula is C14H12N2O4. The summed E-state index contributed by atoms with van der Waals surface area (Å²) < 4.78 is 4.56. The number of nitrogens with zero attached hydrogens (tertiary/aromatic N) is 2. The van der Waals surface area contributed by atoms with Crippen LogP contribution in [0.2, 0.25) is 0 Å². The molecule has 0 N–H and O–H groups in total. The van der Waals surface area contributed by atoms with E-state index in [-0.39, 0.29) is 11.3 Å². The Morgan fingerprint density at radius 2 is 2.20 bits per heavy atom. The van der Waals surface area contributed by atoms with E-state index in [2.05, 4.69) is 9.72 Å². The molecule has 0 atom stereocenters. The number of hydrogen-bond acceptors (Lipinski definition) is 5. The minimum atomic E-state index is -0.596. The maximum atomic E-state index is 11.4. The van der Waals surface area contributed by atoms with Crippen molar-refractivity contribution in [1.29, 1.82) is 0 Å². The molecule has 1 aromatic heterocycles. The van der Waals surface area contributed by atoms with Crippen LogP contribution in [0.1, 0.15) is 21.5 Å². The molecule has 102 valence electrons. The SMILES string of the molecule is COC(=O)c1ccc(Cc2cccnc2)c([N+](=O)[O-])c1. The van der Waals surface area contributed by atoms with Crippen LogP contribution in [0.5, 0.6) is 0 Å². The number of benzene rings is 1. The van der Waals surface area contributed by atoms with Gasteiger partial charge in [0.1, 0.15) is 0 Å². The number of hydrogen-bond donors (Lipinski definition) is 0. The molecule has 0 aliphatic heterocycles. The second-order valence-electron chi connectivity index (χ2n) is 4.13. The summed E-state index contributed by atoms with van der Waals surface area (Å²) in [4.78, 5) is 26.0. The zero-order valence-electron chi connectivity index (χ0n) is 10.8. The van der Waals surface area contributed by atoms with E-state index in [1.54, 1.807) is 24.5 Å². The Hall–Kier alpha value is -2.76. The number of carbonyl (C=O) groups excluding carboxylic acids is 1. The van der Waals surface area contributed by atoms with Gasteiger partial charge in [-0.2, -0.15) is 0 Å². The van der Waals surface area contributed by atoms with E-state index in [1.165, 1.54) is 19.2 Å². The Labute approximate surface area is 115 Å². The predicted octanol–water partition coefficient (Wildman–Crippen LogP) is 2.37. The highest BCUT2D eigenvalue weighted by Gasteiger charge is 2.18. The Morgan fingerprint density at radius 3 is 2.80 bits per heavy atom. The lowest BCUT2D eigenvalue weighted by molar-refractivity contribution is -0.385. The lowest BCUT2D eigenvalue weighted by Crippen LogP contribution is -2.04. The summed E-state index contributed by atoms with van der Waals surface area (Å²) in [6, 6.07) is 7.92. The van der Waals surface area contributed by atoms with Gasteiger partial charge in [0.25, 0.3) is 5.69 Å². The van der Waals surface area contributed by atoms with Gasteiger partial charge in [-0.05, 0) is 17.7 Å². The molecule has 2 aromatic rings. The smallest absolute Gasteiger partial charge is 0.338 e. The van der Waals surface area contributed by atoms with Crippen molar-refractivity contribution in [2.75, 3.05) is 7.11 Å². The van der Waals surface area contributed by atoms with E-state index in [1.807, 2.05) is 6.07 Å². The normalized spacial score (nSPS) is 10.1. The van der Waals surface area contributed by atoms with E-state index in [0.29, 0.717) is 12.0 Å². The first-order valence-corrected chi connectivity index (χ1v) is 5.86. The molecule has 1 heterocycles. The molecule has 0 amide bonds. The van der Waals surface area contributed by atoms with Crippen molar-refractivity contribution in [2.45, 2.75) is 6.42 Å². The maximum absolute atomic E-state index is 11.4. The second kappa shape index (κ2) is 5.92. The number of nitro groups is 1. The van der Waals surface area contributed by atoms with Crippen molar-refractivity contribution in [3.63, 3.8) is 0 Å². The lowest BCUT2D eigenvalue weighted by atomic mass is 10.0. The molecule has 0 radical (unpaired) electrons. The number of rotatable bonds is 4. The van der Waals surface area contributed by atoms with E-state index in [4.69, 9.17) is 0 Å². The molecule has 0 aliphatic carbocycles. The van der Waals surface area contributed by atoms with Crippen molar-refractivity contribution >= 4 is 11.7 Å². The molecule has 0 spiro atoms. The summed E-state index contributed by atoms with van der Waals surface area (Å²) in [5.41, 5.74) is 1.45. The van der Waals surface area contributed by atoms with Gasteiger partial charge in [-0.25, -0.2) is 4.79 Å². The van der Waals surface area contributed by atoms with Gasteiger partial charge in [-0.3, -0.25) is 15.1 Å². The Balaban J connectivity index is 2.38. The van der Waals surface area contributed by atoms with Crippen LogP contribution in [0.4, 0.5) is 5.69 Å². The summed E-state index contributed by atoms with van der Waals surface area (Å²) in [6.45, 7) is 0. The fraction of sp³-hybridized carbons (Fsp3) is 0.143. The van der Waals surface area contributed by atoms with Crippen LogP contribution in [0.25, 0.3) is 0 Å². The van der Waals surface area contributed by atoms with Crippen LogP contribution in [-0.4, -0.2) is 23.0 Å². The molecule has 0 unspecified atom stereocenters. The predicted molar refractivity (Wildman–Crippen MR) is 71.5 cm³/mol. The van der Waals surface area contributed by atoms with Crippen LogP contribution in [0.15, 0.2) is 42.7 Å². The molecular weight excluding hydrogens is 260 g/mol. The highest BCUT2D eigenvalue weighted by molar-refractivity contribution is 5.90. The number of nitro benzene ring substituents is 1. The summed E-state index contributed by atoms with van der Waals surface area (Å²) >= 11 is 0. The molecule has 0 bridgehead atoms. The third-order valence-electron chi connectivity index (χ3n) is 2.82. The van der Waals surface area contributed by atoms with E-state index in [9.17, 15) is 14.9 Å². The molecule has 0 saturated carbocycles. The van der Waals surface area contributed by atoms with Gasteiger partial charge in [0.15, 0.2) is 0 Å². The third-order valence-corrected chi connectivity index (χ3v) is 2.82. The first kappa shape index (κ1) is 13.7. The zero-order valence-corrected chi connectivity index (χ0v) is 10.8. The fourth-order valence-electron chi connectivity index (χ4n) is 1.85. The third kappa shape index (κ3) is 2.97. The van der Waals surface area contributed by atoms with Crippen molar-refractivity contribution in [1.82, 2.24) is 4.98 Å². The number of carbonyl (C=O) groups is 1. The van der Waals surface area contributed by atoms with E-state index >= 15 is 0 Å². The lowest BCUT2D eigenvalue weighted by Gasteiger charge is -2.05. The van der Waals surface area contributed by atoms with Gasteiger partial charge in [-0.15, -0.1) is 0 Å². The van der Waals surface area contributed by atoms with Gasteiger partial charge in [-0.1, -0.05) is 12.1 Å². The van der Waals surface area contributed by atoms with Crippen molar-refractivity contribution in [3.8, 4) is 0 Å².